The van der Waals surface area contributed by atoms with Crippen LogP contribution in [0.4, 0.5) is 8.78 Å². The highest BCUT2D eigenvalue weighted by Crippen LogP contribution is 2.24. The number of nitrogens with two attached hydrogens (primary N) is 1. The van der Waals surface area contributed by atoms with Gasteiger partial charge in [0.25, 0.3) is 0 Å². The van der Waals surface area contributed by atoms with Crippen molar-refractivity contribution in [2.24, 2.45) is 0 Å². The van der Waals surface area contributed by atoms with Gasteiger partial charge in [0.05, 0.1) is 0 Å². The Labute approximate surface area is 167 Å². The predicted octanol–water partition coefficient (Wildman–Crippen LogP) is 4.69. The number of nitrogens with one attached hydrogen (secondary N) is 1. The van der Waals surface area contributed by atoms with Gasteiger partial charge in [0, 0.05) is 39.9 Å². The van der Waals surface area contributed by atoms with Crippen molar-refractivity contribution in [3.8, 4) is 0 Å². The maximum Gasteiger partial charge on any atom is 0.226 e. The van der Waals surface area contributed by atoms with E-state index in [9.17, 15) is 13.6 Å². The molecule has 4 aromatic rings. The molecule has 1 heterocycles. The first kappa shape index (κ1) is 19.0. The Bertz CT molecular complexity index is 1150. The number of carbonyl (C=O) groups excluding carboxylic acids is 1. The average molecular weight is 391 g/mol. The van der Waals surface area contributed by atoms with Gasteiger partial charge in [-0.3, -0.25) is 4.79 Å². The molecule has 29 heavy (non-hydrogen) atoms. The fourth-order valence-electron chi connectivity index (χ4n) is 3.72. The standard InChI is InChI=1S/C24H20F2N2O/c1-15(18-12-11-17(25)13-21(18)26)28-23(16-7-3-2-4-8-16)24(29)20-14-27-22-10-6-5-9-19(20)22/h2-15,23,27-28H,1H3/p+1/t15-,23+/m1/s1. The average Bonchev–Trinajstić information content (AvgIpc) is 3.16. The second-order valence-electron chi connectivity index (χ2n) is 7.15. The number of Topliss-reactive ketones (excluding diaryl/α,β-unsaturated/α-hetero) is 1. The van der Waals surface area contributed by atoms with Crippen molar-refractivity contribution in [3.05, 3.63) is 107 Å². The minimum atomic E-state index is -0.618. The van der Waals surface area contributed by atoms with Gasteiger partial charge in [0.15, 0.2) is 6.04 Å². The fourth-order valence-corrected chi connectivity index (χ4v) is 3.72. The molecule has 0 aliphatic rings. The first-order valence-electron chi connectivity index (χ1n) is 9.50. The molecule has 3 N–H and O–H groups in total. The van der Waals surface area contributed by atoms with Crippen molar-refractivity contribution >= 4 is 16.7 Å². The van der Waals surface area contributed by atoms with Gasteiger partial charge < -0.3 is 10.3 Å². The van der Waals surface area contributed by atoms with Gasteiger partial charge in [-0.05, 0) is 25.1 Å². The van der Waals surface area contributed by atoms with Gasteiger partial charge >= 0.3 is 0 Å². The molecule has 0 saturated heterocycles. The first-order valence-corrected chi connectivity index (χ1v) is 9.50. The monoisotopic (exact) mass is 391 g/mol. The molecule has 5 heteroatoms. The van der Waals surface area contributed by atoms with Crippen molar-refractivity contribution in [2.45, 2.75) is 19.0 Å². The van der Waals surface area contributed by atoms with Crippen LogP contribution in [0.2, 0.25) is 0 Å². The summed E-state index contributed by atoms with van der Waals surface area (Å²) < 4.78 is 27.6. The molecule has 0 unspecified atom stereocenters. The molecule has 0 radical (unpaired) electrons. The number of ketones is 1. The van der Waals surface area contributed by atoms with Crippen LogP contribution in [0.3, 0.4) is 0 Å². The quantitative estimate of drug-likeness (QED) is 0.460. The zero-order valence-electron chi connectivity index (χ0n) is 15.9. The van der Waals surface area contributed by atoms with Gasteiger partial charge in [-0.25, -0.2) is 8.78 Å². The molecule has 0 aliphatic carbocycles. The lowest BCUT2D eigenvalue weighted by Crippen LogP contribution is -2.87. The number of hydrogen-bond donors (Lipinski definition) is 2. The number of quaternary nitrogens is 1. The largest absolute Gasteiger partial charge is 0.360 e. The highest BCUT2D eigenvalue weighted by molar-refractivity contribution is 6.09. The fraction of sp³-hybridized carbons (Fsp3) is 0.125. The summed E-state index contributed by atoms with van der Waals surface area (Å²) in [6.45, 7) is 1.81. The lowest BCUT2D eigenvalue weighted by Gasteiger charge is -2.20. The topological polar surface area (TPSA) is 49.5 Å². The first-order chi connectivity index (χ1) is 14.0. The van der Waals surface area contributed by atoms with Crippen molar-refractivity contribution in [2.75, 3.05) is 0 Å². The van der Waals surface area contributed by atoms with Crippen LogP contribution >= 0.6 is 0 Å². The minimum Gasteiger partial charge on any atom is -0.360 e. The van der Waals surface area contributed by atoms with Crippen LogP contribution in [0.5, 0.6) is 0 Å². The third-order valence-electron chi connectivity index (χ3n) is 5.23. The molecule has 2 atom stereocenters. The second kappa shape index (κ2) is 7.97. The van der Waals surface area contributed by atoms with E-state index in [1.165, 1.54) is 12.1 Å². The Hall–Kier alpha value is -3.31. The highest BCUT2D eigenvalue weighted by Gasteiger charge is 2.30. The Balaban J connectivity index is 1.71. The number of aromatic nitrogens is 1. The lowest BCUT2D eigenvalue weighted by molar-refractivity contribution is -0.718. The maximum absolute atomic E-state index is 14.3. The summed E-state index contributed by atoms with van der Waals surface area (Å²) in [6, 6.07) is 19.7. The summed E-state index contributed by atoms with van der Waals surface area (Å²) in [5, 5.41) is 2.68. The van der Waals surface area contributed by atoms with E-state index in [1.807, 2.05) is 66.8 Å². The number of hydrogen-bond acceptors (Lipinski definition) is 1. The van der Waals surface area contributed by atoms with E-state index in [1.54, 1.807) is 6.20 Å². The Morgan fingerprint density at radius 3 is 2.45 bits per heavy atom. The number of carbonyl (C=O) groups is 1. The van der Waals surface area contributed by atoms with Crippen LogP contribution in [0.15, 0.2) is 79.0 Å². The van der Waals surface area contributed by atoms with Gasteiger partial charge in [0.1, 0.15) is 17.7 Å². The molecule has 1 aromatic heterocycles. The SMILES string of the molecule is C[C@@H]([NH2+][C@H](C(=O)c1c[nH]c2ccccc12)c1ccccc1)c1ccc(F)cc1F. The molecule has 0 aliphatic heterocycles. The number of fused-ring (bicyclic) bond motifs is 1. The predicted molar refractivity (Wildman–Crippen MR) is 109 cm³/mol. The van der Waals surface area contributed by atoms with Gasteiger partial charge in [-0.2, -0.15) is 0 Å². The summed E-state index contributed by atoms with van der Waals surface area (Å²) in [5.41, 5.74) is 2.67. The molecular weight excluding hydrogens is 370 g/mol. The van der Waals surface area contributed by atoms with Gasteiger partial charge in [-0.1, -0.05) is 48.5 Å². The van der Waals surface area contributed by atoms with Crippen molar-refractivity contribution < 1.29 is 18.9 Å². The van der Waals surface area contributed by atoms with E-state index >= 15 is 0 Å². The second-order valence-corrected chi connectivity index (χ2v) is 7.15. The van der Waals surface area contributed by atoms with E-state index in [0.29, 0.717) is 11.1 Å². The molecule has 4 rings (SSSR count). The van der Waals surface area contributed by atoms with Crippen LogP contribution in [0.1, 0.15) is 40.5 Å². The molecule has 0 spiro atoms. The molecule has 0 fully saturated rings. The number of H-pyrrole nitrogens is 1. The summed E-state index contributed by atoms with van der Waals surface area (Å²) in [4.78, 5) is 16.7. The summed E-state index contributed by atoms with van der Waals surface area (Å²) in [6.07, 6.45) is 1.72. The van der Waals surface area contributed by atoms with Crippen LogP contribution in [-0.4, -0.2) is 10.8 Å². The van der Waals surface area contributed by atoms with E-state index in [4.69, 9.17) is 0 Å². The van der Waals surface area contributed by atoms with Crippen molar-refractivity contribution in [1.82, 2.24) is 4.98 Å². The van der Waals surface area contributed by atoms with Crippen molar-refractivity contribution in [1.29, 1.82) is 0 Å². The minimum absolute atomic E-state index is 0.0666. The lowest BCUT2D eigenvalue weighted by atomic mass is 9.95. The van der Waals surface area contributed by atoms with E-state index in [2.05, 4.69) is 4.98 Å². The smallest absolute Gasteiger partial charge is 0.226 e. The molecule has 3 nitrogen and oxygen atoms in total. The molecule has 0 bridgehead atoms. The maximum atomic E-state index is 14.3. The summed E-state index contributed by atoms with van der Waals surface area (Å²) >= 11 is 0. The zero-order valence-corrected chi connectivity index (χ0v) is 15.9. The van der Waals surface area contributed by atoms with Crippen molar-refractivity contribution in [3.63, 3.8) is 0 Å². The van der Waals surface area contributed by atoms with Crippen LogP contribution in [-0.2, 0) is 0 Å². The number of halogens is 2. The van der Waals surface area contributed by atoms with E-state index < -0.39 is 17.7 Å². The zero-order chi connectivity index (χ0) is 20.4. The molecule has 0 amide bonds. The van der Waals surface area contributed by atoms with E-state index in [-0.39, 0.29) is 11.8 Å². The Morgan fingerprint density at radius 2 is 1.69 bits per heavy atom. The van der Waals surface area contributed by atoms with Crippen LogP contribution in [0, 0.1) is 11.6 Å². The normalized spacial score (nSPS) is 13.3. The summed E-state index contributed by atoms with van der Waals surface area (Å²) in [7, 11) is 0. The Morgan fingerprint density at radius 1 is 0.966 bits per heavy atom. The number of rotatable bonds is 6. The van der Waals surface area contributed by atoms with Gasteiger partial charge in [-0.15, -0.1) is 0 Å². The molecule has 0 saturated carbocycles. The number of para-hydroxylation sites is 1. The Kier molecular flexibility index (Phi) is 5.23. The third-order valence-corrected chi connectivity index (χ3v) is 5.23. The van der Waals surface area contributed by atoms with Crippen LogP contribution in [0.25, 0.3) is 10.9 Å². The third kappa shape index (κ3) is 3.82. The van der Waals surface area contributed by atoms with E-state index in [0.717, 1.165) is 22.5 Å². The van der Waals surface area contributed by atoms with Gasteiger partial charge in [0.2, 0.25) is 5.78 Å². The molecule has 146 valence electrons. The molecule has 3 aromatic carbocycles. The molecular formula is C24H21F2N2O+. The van der Waals surface area contributed by atoms with Crippen LogP contribution < -0.4 is 5.32 Å². The summed E-state index contributed by atoms with van der Waals surface area (Å²) in [5.74, 6) is -1.30. The number of aromatic amines is 1. The highest BCUT2D eigenvalue weighted by atomic mass is 19.1. The number of benzene rings is 3.